The van der Waals surface area contributed by atoms with E-state index >= 15 is 0 Å². The van der Waals surface area contributed by atoms with Crippen molar-refractivity contribution < 1.29 is 4.79 Å². The summed E-state index contributed by atoms with van der Waals surface area (Å²) in [6, 6.07) is 0. The second kappa shape index (κ2) is 6.53. The first-order valence-corrected chi connectivity index (χ1v) is 6.95. The van der Waals surface area contributed by atoms with Crippen molar-refractivity contribution in [2.24, 2.45) is 5.92 Å². The lowest BCUT2D eigenvalue weighted by atomic mass is 9.96. The number of nitrogens with one attached hydrogen (secondary N) is 1. The first-order chi connectivity index (χ1) is 8.28. The molecule has 1 heterocycles. The zero-order valence-electron chi connectivity index (χ0n) is 12.6. The molecule has 1 atom stereocenters. The van der Waals surface area contributed by atoms with Crippen molar-refractivity contribution in [3.05, 3.63) is 0 Å². The van der Waals surface area contributed by atoms with Crippen molar-refractivity contribution in [2.45, 2.75) is 39.2 Å². The minimum absolute atomic E-state index is 0.163. The summed E-state index contributed by atoms with van der Waals surface area (Å²) in [5, 5.41) is 3.54. The number of amides is 1. The Morgan fingerprint density at radius 3 is 2.61 bits per heavy atom. The van der Waals surface area contributed by atoms with Crippen LogP contribution in [-0.4, -0.2) is 61.5 Å². The summed E-state index contributed by atoms with van der Waals surface area (Å²) in [5.41, 5.74) is 0.163. The Labute approximate surface area is 112 Å². The molecule has 0 saturated carbocycles. The summed E-state index contributed by atoms with van der Waals surface area (Å²) < 4.78 is 0. The largest absolute Gasteiger partial charge is 0.341 e. The monoisotopic (exact) mass is 255 g/mol. The molecule has 1 saturated heterocycles. The van der Waals surface area contributed by atoms with E-state index in [-0.39, 0.29) is 11.4 Å². The van der Waals surface area contributed by atoms with Gasteiger partial charge in [-0.1, -0.05) is 0 Å². The number of rotatable bonds is 4. The van der Waals surface area contributed by atoms with Gasteiger partial charge in [0.15, 0.2) is 0 Å². The van der Waals surface area contributed by atoms with Crippen molar-refractivity contribution in [1.82, 2.24) is 15.1 Å². The number of piperidine rings is 1. The van der Waals surface area contributed by atoms with Crippen LogP contribution in [0.2, 0.25) is 0 Å². The summed E-state index contributed by atoms with van der Waals surface area (Å²) in [6.45, 7) is 9.93. The molecule has 1 fully saturated rings. The van der Waals surface area contributed by atoms with Gasteiger partial charge < -0.3 is 15.1 Å². The molecular formula is C14H29N3O. The van der Waals surface area contributed by atoms with Gasteiger partial charge in [-0.25, -0.2) is 0 Å². The maximum absolute atomic E-state index is 12.0. The van der Waals surface area contributed by atoms with Crippen molar-refractivity contribution >= 4 is 5.91 Å². The maximum Gasteiger partial charge on any atom is 0.236 e. The summed E-state index contributed by atoms with van der Waals surface area (Å²) >= 11 is 0. The highest BCUT2D eigenvalue weighted by atomic mass is 16.2. The molecule has 18 heavy (non-hydrogen) atoms. The van der Waals surface area contributed by atoms with E-state index in [9.17, 15) is 4.79 Å². The molecule has 4 heteroatoms. The highest BCUT2D eigenvalue weighted by Crippen LogP contribution is 2.17. The van der Waals surface area contributed by atoms with Crippen LogP contribution < -0.4 is 5.32 Å². The van der Waals surface area contributed by atoms with Gasteiger partial charge in [-0.15, -0.1) is 0 Å². The lowest BCUT2D eigenvalue weighted by Gasteiger charge is -2.35. The molecule has 1 aliphatic heterocycles. The average molecular weight is 255 g/mol. The van der Waals surface area contributed by atoms with E-state index < -0.39 is 0 Å². The van der Waals surface area contributed by atoms with Gasteiger partial charge in [0, 0.05) is 25.2 Å². The fourth-order valence-corrected chi connectivity index (χ4v) is 2.28. The highest BCUT2D eigenvalue weighted by Gasteiger charge is 2.24. The molecule has 0 spiro atoms. The highest BCUT2D eigenvalue weighted by molar-refractivity contribution is 5.78. The van der Waals surface area contributed by atoms with E-state index in [1.54, 1.807) is 0 Å². The Morgan fingerprint density at radius 2 is 2.06 bits per heavy atom. The first-order valence-electron chi connectivity index (χ1n) is 6.95. The van der Waals surface area contributed by atoms with E-state index in [0.29, 0.717) is 12.5 Å². The third-order valence-corrected chi connectivity index (χ3v) is 3.24. The summed E-state index contributed by atoms with van der Waals surface area (Å²) in [4.78, 5) is 16.0. The van der Waals surface area contributed by atoms with Gasteiger partial charge in [0.25, 0.3) is 0 Å². The number of carbonyl (C=O) groups excluding carboxylic acids is 1. The number of hydrogen-bond acceptors (Lipinski definition) is 3. The van der Waals surface area contributed by atoms with Crippen molar-refractivity contribution in [3.8, 4) is 0 Å². The second-order valence-electron chi connectivity index (χ2n) is 6.72. The molecule has 1 aliphatic rings. The van der Waals surface area contributed by atoms with E-state index in [0.717, 1.165) is 26.1 Å². The molecule has 0 aromatic heterocycles. The molecule has 4 nitrogen and oxygen atoms in total. The van der Waals surface area contributed by atoms with Gasteiger partial charge in [0.05, 0.1) is 6.54 Å². The Kier molecular flexibility index (Phi) is 5.60. The summed E-state index contributed by atoms with van der Waals surface area (Å²) in [6.07, 6.45) is 2.37. The van der Waals surface area contributed by atoms with Gasteiger partial charge >= 0.3 is 0 Å². The molecule has 0 aliphatic carbocycles. The minimum Gasteiger partial charge on any atom is -0.341 e. The molecule has 0 unspecified atom stereocenters. The molecule has 1 amide bonds. The van der Waals surface area contributed by atoms with Crippen LogP contribution in [0.3, 0.4) is 0 Å². The van der Waals surface area contributed by atoms with Gasteiger partial charge in [-0.05, 0) is 53.6 Å². The van der Waals surface area contributed by atoms with Gasteiger partial charge in [0.1, 0.15) is 0 Å². The molecule has 106 valence electrons. The zero-order chi connectivity index (χ0) is 13.8. The van der Waals surface area contributed by atoms with E-state index in [2.05, 4.69) is 26.1 Å². The van der Waals surface area contributed by atoms with Crippen LogP contribution in [-0.2, 0) is 4.79 Å². The molecule has 1 N–H and O–H groups in total. The molecular weight excluding hydrogens is 226 g/mol. The quantitative estimate of drug-likeness (QED) is 0.819. The van der Waals surface area contributed by atoms with E-state index in [1.165, 1.54) is 6.42 Å². The number of carbonyl (C=O) groups is 1. The molecule has 0 aromatic carbocycles. The zero-order valence-corrected chi connectivity index (χ0v) is 12.6. The topological polar surface area (TPSA) is 35.6 Å². The van der Waals surface area contributed by atoms with Crippen molar-refractivity contribution in [2.75, 3.05) is 40.3 Å². The fourth-order valence-electron chi connectivity index (χ4n) is 2.28. The third-order valence-electron chi connectivity index (χ3n) is 3.24. The van der Waals surface area contributed by atoms with Crippen LogP contribution in [0, 0.1) is 5.92 Å². The standard InChI is InChI=1S/C14H29N3O/c1-14(2,3)15-9-12-7-6-8-17(10-12)13(18)11-16(4)5/h12,15H,6-11H2,1-5H3/t12-/m1/s1. The third kappa shape index (κ3) is 5.83. The van der Waals surface area contributed by atoms with E-state index in [1.807, 2.05) is 23.9 Å². The lowest BCUT2D eigenvalue weighted by Crippen LogP contribution is -2.48. The molecule has 0 radical (unpaired) electrons. The van der Waals surface area contributed by atoms with Crippen LogP contribution in [0.15, 0.2) is 0 Å². The number of likely N-dealkylation sites (N-methyl/N-ethyl adjacent to an activating group) is 1. The Bertz CT molecular complexity index is 271. The summed E-state index contributed by atoms with van der Waals surface area (Å²) in [7, 11) is 3.89. The SMILES string of the molecule is CN(C)CC(=O)N1CCC[C@H](CNC(C)(C)C)C1. The van der Waals surface area contributed by atoms with Crippen LogP contribution in [0.5, 0.6) is 0 Å². The Balaban J connectivity index is 2.38. The van der Waals surface area contributed by atoms with Crippen molar-refractivity contribution in [3.63, 3.8) is 0 Å². The predicted molar refractivity (Wildman–Crippen MR) is 75.6 cm³/mol. The van der Waals surface area contributed by atoms with E-state index in [4.69, 9.17) is 0 Å². The number of likely N-dealkylation sites (tertiary alicyclic amines) is 1. The van der Waals surface area contributed by atoms with Crippen LogP contribution in [0.25, 0.3) is 0 Å². The Morgan fingerprint density at radius 1 is 1.39 bits per heavy atom. The number of nitrogens with zero attached hydrogens (tertiary/aromatic N) is 2. The maximum atomic E-state index is 12.0. The van der Waals surface area contributed by atoms with Crippen LogP contribution in [0.4, 0.5) is 0 Å². The van der Waals surface area contributed by atoms with Crippen LogP contribution in [0.1, 0.15) is 33.6 Å². The molecule has 1 rings (SSSR count). The second-order valence-corrected chi connectivity index (χ2v) is 6.72. The predicted octanol–water partition coefficient (Wildman–Crippen LogP) is 1.17. The Hall–Kier alpha value is -0.610. The minimum atomic E-state index is 0.163. The van der Waals surface area contributed by atoms with Gasteiger partial charge in [0.2, 0.25) is 5.91 Å². The molecule has 0 aromatic rings. The molecule has 0 bridgehead atoms. The van der Waals surface area contributed by atoms with Gasteiger partial charge in [-0.2, -0.15) is 0 Å². The fraction of sp³-hybridized carbons (Fsp3) is 0.929. The average Bonchev–Trinajstić information content (AvgIpc) is 2.25. The van der Waals surface area contributed by atoms with Crippen molar-refractivity contribution in [1.29, 1.82) is 0 Å². The smallest absolute Gasteiger partial charge is 0.236 e. The normalized spacial score (nSPS) is 21.4. The first kappa shape index (κ1) is 15.4. The lowest BCUT2D eigenvalue weighted by molar-refractivity contribution is -0.133. The van der Waals surface area contributed by atoms with Crippen LogP contribution >= 0.6 is 0 Å². The van der Waals surface area contributed by atoms with Gasteiger partial charge in [-0.3, -0.25) is 4.79 Å². The summed E-state index contributed by atoms with van der Waals surface area (Å²) in [5.74, 6) is 0.865. The number of hydrogen-bond donors (Lipinski definition) is 1.